The molecule has 1 N–H and O–H groups in total. The first kappa shape index (κ1) is 10.6. The number of nitrogens with one attached hydrogen (secondary N) is 1. The molecule has 1 aromatic rings. The largest absolute Gasteiger partial charge is 0.317 e. The third-order valence-electron chi connectivity index (χ3n) is 1.07. The van der Waals surface area contributed by atoms with Gasteiger partial charge >= 0.3 is 0 Å². The Balaban J connectivity index is 0.000001000. The molecule has 0 saturated carbocycles. The highest BCUT2D eigenvalue weighted by Crippen LogP contribution is 1.88. The van der Waals surface area contributed by atoms with Crippen molar-refractivity contribution in [2.24, 2.45) is 0 Å². The van der Waals surface area contributed by atoms with Crippen LogP contribution in [0.1, 0.15) is 6.92 Å². The summed E-state index contributed by atoms with van der Waals surface area (Å²) in [6, 6.07) is 0. The van der Waals surface area contributed by atoms with Crippen LogP contribution in [0.4, 0.5) is 0 Å². The van der Waals surface area contributed by atoms with E-state index < -0.39 is 0 Å². The number of ketones is 1. The maximum absolute atomic E-state index is 10.6. The SMILES string of the molecule is Br.CC(=O)Cn1ccsc1=N. The summed E-state index contributed by atoms with van der Waals surface area (Å²) >= 11 is 1.32. The maximum Gasteiger partial charge on any atom is 0.182 e. The van der Waals surface area contributed by atoms with Crippen LogP contribution < -0.4 is 4.80 Å². The van der Waals surface area contributed by atoms with Gasteiger partial charge in [-0.2, -0.15) is 0 Å². The van der Waals surface area contributed by atoms with Gasteiger partial charge in [0.25, 0.3) is 0 Å². The van der Waals surface area contributed by atoms with Gasteiger partial charge in [-0.25, -0.2) is 0 Å². The summed E-state index contributed by atoms with van der Waals surface area (Å²) in [6.07, 6.45) is 1.74. The molecule has 0 spiro atoms. The number of halogens is 1. The Labute approximate surface area is 79.0 Å². The van der Waals surface area contributed by atoms with E-state index in [1.165, 1.54) is 18.3 Å². The Kier molecular flexibility index (Phi) is 4.29. The Morgan fingerprint density at radius 2 is 2.45 bits per heavy atom. The first-order valence-electron chi connectivity index (χ1n) is 2.88. The molecule has 0 aliphatic rings. The number of hydrogen-bond donors (Lipinski definition) is 1. The minimum Gasteiger partial charge on any atom is -0.317 e. The summed E-state index contributed by atoms with van der Waals surface area (Å²) in [5.74, 6) is 0.0805. The average Bonchev–Trinajstić information content (AvgIpc) is 2.15. The van der Waals surface area contributed by atoms with Gasteiger partial charge in [0.05, 0.1) is 6.54 Å². The maximum atomic E-state index is 10.6. The van der Waals surface area contributed by atoms with Crippen molar-refractivity contribution >= 4 is 34.1 Å². The van der Waals surface area contributed by atoms with Crippen molar-refractivity contribution in [3.8, 4) is 0 Å². The number of hydrogen-bond acceptors (Lipinski definition) is 3. The molecule has 0 aromatic carbocycles. The molecule has 0 bridgehead atoms. The molecule has 1 heterocycles. The molecule has 0 aliphatic carbocycles. The number of carbonyl (C=O) groups excluding carboxylic acids is 1. The van der Waals surface area contributed by atoms with Gasteiger partial charge in [-0.3, -0.25) is 10.2 Å². The molecule has 5 heteroatoms. The van der Waals surface area contributed by atoms with Gasteiger partial charge in [0.2, 0.25) is 0 Å². The molecular formula is C6H9BrN2OS. The number of rotatable bonds is 2. The fourth-order valence-electron chi connectivity index (χ4n) is 0.668. The zero-order valence-electron chi connectivity index (χ0n) is 6.03. The molecule has 11 heavy (non-hydrogen) atoms. The van der Waals surface area contributed by atoms with Crippen LogP contribution in [-0.2, 0) is 11.3 Å². The molecule has 3 nitrogen and oxygen atoms in total. The monoisotopic (exact) mass is 236 g/mol. The van der Waals surface area contributed by atoms with Crippen molar-refractivity contribution in [3.05, 3.63) is 16.4 Å². The van der Waals surface area contributed by atoms with Crippen molar-refractivity contribution in [1.29, 1.82) is 5.41 Å². The lowest BCUT2D eigenvalue weighted by Crippen LogP contribution is -2.16. The van der Waals surface area contributed by atoms with Crippen molar-refractivity contribution in [1.82, 2.24) is 4.57 Å². The minimum absolute atomic E-state index is 0. The van der Waals surface area contributed by atoms with Gasteiger partial charge in [0.1, 0.15) is 5.78 Å². The Morgan fingerprint density at radius 1 is 1.82 bits per heavy atom. The van der Waals surface area contributed by atoms with E-state index in [0.717, 1.165) is 0 Å². The second-order valence-electron chi connectivity index (χ2n) is 2.04. The molecule has 0 atom stereocenters. The number of Topliss-reactive ketones (excluding diaryl/α,β-unsaturated/α-hetero) is 1. The van der Waals surface area contributed by atoms with E-state index in [2.05, 4.69) is 0 Å². The molecule has 62 valence electrons. The Bertz CT molecular complexity index is 291. The number of carbonyl (C=O) groups is 1. The second kappa shape index (κ2) is 4.46. The van der Waals surface area contributed by atoms with E-state index in [1.54, 1.807) is 16.1 Å². The van der Waals surface area contributed by atoms with Crippen LogP contribution in [0.2, 0.25) is 0 Å². The third-order valence-corrected chi connectivity index (χ3v) is 1.79. The van der Waals surface area contributed by atoms with E-state index in [9.17, 15) is 4.79 Å². The normalized spacial score (nSPS) is 8.82. The van der Waals surface area contributed by atoms with Crippen LogP contribution in [0.15, 0.2) is 11.6 Å². The predicted molar refractivity (Wildman–Crippen MR) is 49.2 cm³/mol. The Morgan fingerprint density at radius 3 is 2.82 bits per heavy atom. The lowest BCUT2D eigenvalue weighted by molar-refractivity contribution is -0.117. The number of nitrogens with zero attached hydrogens (tertiary/aromatic N) is 1. The summed E-state index contributed by atoms with van der Waals surface area (Å²) in [5, 5.41) is 9.07. The van der Waals surface area contributed by atoms with Crippen LogP contribution in [0.5, 0.6) is 0 Å². The highest BCUT2D eigenvalue weighted by atomic mass is 79.9. The molecule has 0 unspecified atom stereocenters. The summed E-state index contributed by atoms with van der Waals surface area (Å²) < 4.78 is 1.62. The summed E-state index contributed by atoms with van der Waals surface area (Å²) in [6.45, 7) is 1.84. The van der Waals surface area contributed by atoms with Crippen LogP contribution >= 0.6 is 28.3 Å². The smallest absolute Gasteiger partial charge is 0.182 e. The quantitative estimate of drug-likeness (QED) is 0.825. The lowest BCUT2D eigenvalue weighted by Gasteiger charge is -1.94. The van der Waals surface area contributed by atoms with E-state index >= 15 is 0 Å². The van der Waals surface area contributed by atoms with Crippen molar-refractivity contribution in [3.63, 3.8) is 0 Å². The molecule has 0 fully saturated rings. The van der Waals surface area contributed by atoms with Crippen molar-refractivity contribution in [2.75, 3.05) is 0 Å². The standard InChI is InChI=1S/C6H8N2OS.BrH/c1-5(9)4-8-2-3-10-6(8)7;/h2-3,7H,4H2,1H3;1H. The van der Waals surface area contributed by atoms with E-state index in [4.69, 9.17) is 5.41 Å². The van der Waals surface area contributed by atoms with Gasteiger partial charge < -0.3 is 4.57 Å². The molecule has 0 aliphatic heterocycles. The molecule has 0 saturated heterocycles. The Hall–Kier alpha value is -0.420. The van der Waals surface area contributed by atoms with Gasteiger partial charge in [-0.15, -0.1) is 28.3 Å². The zero-order chi connectivity index (χ0) is 7.56. The van der Waals surface area contributed by atoms with Crippen molar-refractivity contribution in [2.45, 2.75) is 13.5 Å². The van der Waals surface area contributed by atoms with Crippen molar-refractivity contribution < 1.29 is 4.79 Å². The molecule has 1 aromatic heterocycles. The first-order valence-corrected chi connectivity index (χ1v) is 3.76. The summed E-state index contributed by atoms with van der Waals surface area (Å²) in [5.41, 5.74) is 0. The van der Waals surface area contributed by atoms with Gasteiger partial charge in [-0.05, 0) is 6.92 Å². The molecule has 1 rings (SSSR count). The van der Waals surface area contributed by atoms with E-state index in [0.29, 0.717) is 11.3 Å². The number of thiazole rings is 1. The number of aromatic nitrogens is 1. The zero-order valence-corrected chi connectivity index (χ0v) is 8.56. The molecule has 0 radical (unpaired) electrons. The van der Waals surface area contributed by atoms with Crippen LogP contribution in [0, 0.1) is 5.41 Å². The third kappa shape index (κ3) is 2.98. The highest BCUT2D eigenvalue weighted by Gasteiger charge is 1.95. The fourth-order valence-corrected chi connectivity index (χ4v) is 1.27. The fraction of sp³-hybridized carbons (Fsp3) is 0.333. The minimum atomic E-state index is 0. The van der Waals surface area contributed by atoms with Gasteiger partial charge in [0.15, 0.2) is 4.80 Å². The molecular weight excluding hydrogens is 228 g/mol. The van der Waals surface area contributed by atoms with Crippen LogP contribution in [-0.4, -0.2) is 10.4 Å². The first-order chi connectivity index (χ1) is 4.70. The molecule has 0 amide bonds. The van der Waals surface area contributed by atoms with Crippen LogP contribution in [0.25, 0.3) is 0 Å². The second-order valence-corrected chi connectivity index (χ2v) is 2.93. The van der Waals surface area contributed by atoms with E-state index in [-0.39, 0.29) is 22.8 Å². The van der Waals surface area contributed by atoms with E-state index in [1.807, 2.05) is 0 Å². The highest BCUT2D eigenvalue weighted by molar-refractivity contribution is 8.93. The summed E-state index contributed by atoms with van der Waals surface area (Å²) in [7, 11) is 0. The van der Waals surface area contributed by atoms with Crippen LogP contribution in [0.3, 0.4) is 0 Å². The summed E-state index contributed by atoms with van der Waals surface area (Å²) in [4.78, 5) is 11.0. The average molecular weight is 237 g/mol. The van der Waals surface area contributed by atoms with Gasteiger partial charge in [-0.1, -0.05) is 0 Å². The van der Waals surface area contributed by atoms with Gasteiger partial charge in [0, 0.05) is 11.6 Å². The lowest BCUT2D eigenvalue weighted by atomic mass is 10.4. The topological polar surface area (TPSA) is 45.9 Å². The predicted octanol–water partition coefficient (Wildman–Crippen LogP) is 1.20.